The third kappa shape index (κ3) is 2.96. The van der Waals surface area contributed by atoms with Crippen LogP contribution in [0, 0.1) is 5.82 Å². The molecule has 0 spiro atoms. The summed E-state index contributed by atoms with van der Waals surface area (Å²) in [5.74, 6) is 0.170. The van der Waals surface area contributed by atoms with E-state index >= 15 is 0 Å². The van der Waals surface area contributed by atoms with Crippen molar-refractivity contribution in [3.63, 3.8) is 0 Å². The van der Waals surface area contributed by atoms with Crippen LogP contribution in [0.25, 0.3) is 0 Å². The second-order valence-electron chi connectivity index (χ2n) is 6.24. The minimum absolute atomic E-state index is 0.264. The first-order valence-electron chi connectivity index (χ1n) is 7.84. The normalized spacial score (nSPS) is 25.3. The van der Waals surface area contributed by atoms with Crippen LogP contribution in [-0.4, -0.2) is 37.3 Å². The van der Waals surface area contributed by atoms with Crippen LogP contribution in [-0.2, 0) is 5.60 Å². The Morgan fingerprint density at radius 3 is 2.52 bits per heavy atom. The summed E-state index contributed by atoms with van der Waals surface area (Å²) in [6, 6.07) is 14.1. The van der Waals surface area contributed by atoms with Gasteiger partial charge in [0.05, 0.1) is 12.7 Å². The quantitative estimate of drug-likeness (QED) is 0.944. The number of rotatable bonds is 3. The van der Waals surface area contributed by atoms with Gasteiger partial charge in [-0.1, -0.05) is 30.3 Å². The minimum atomic E-state index is -1.08. The molecule has 1 saturated heterocycles. The monoisotopic (exact) mass is 315 g/mol. The first-order chi connectivity index (χ1) is 11.0. The zero-order valence-corrected chi connectivity index (χ0v) is 13.5. The van der Waals surface area contributed by atoms with Crippen molar-refractivity contribution in [2.45, 2.75) is 17.9 Å². The van der Waals surface area contributed by atoms with Gasteiger partial charge in [-0.2, -0.15) is 0 Å². The molecule has 23 heavy (non-hydrogen) atoms. The second kappa shape index (κ2) is 6.30. The van der Waals surface area contributed by atoms with Gasteiger partial charge in [-0.05, 0) is 42.8 Å². The highest BCUT2D eigenvalue weighted by molar-refractivity contribution is 5.36. The van der Waals surface area contributed by atoms with Crippen molar-refractivity contribution in [2.75, 3.05) is 27.2 Å². The van der Waals surface area contributed by atoms with Crippen LogP contribution in [0.3, 0.4) is 0 Å². The van der Waals surface area contributed by atoms with Gasteiger partial charge in [0.15, 0.2) is 0 Å². The molecule has 3 rings (SSSR count). The fourth-order valence-electron chi connectivity index (χ4n) is 3.43. The summed E-state index contributed by atoms with van der Waals surface area (Å²) in [4.78, 5) is 2.13. The van der Waals surface area contributed by atoms with E-state index in [2.05, 4.69) is 4.90 Å². The lowest BCUT2D eigenvalue weighted by Gasteiger charge is -2.44. The fourth-order valence-corrected chi connectivity index (χ4v) is 3.43. The van der Waals surface area contributed by atoms with E-state index in [0.29, 0.717) is 18.5 Å². The van der Waals surface area contributed by atoms with E-state index in [1.165, 1.54) is 6.07 Å². The summed E-state index contributed by atoms with van der Waals surface area (Å²) in [5.41, 5.74) is 0.290. The molecule has 0 aliphatic carbocycles. The number of likely N-dealkylation sites (N-methyl/N-ethyl adjacent to an activating group) is 1. The molecular weight excluding hydrogens is 293 g/mol. The van der Waals surface area contributed by atoms with Crippen LogP contribution in [0.4, 0.5) is 4.39 Å². The average Bonchev–Trinajstić information content (AvgIpc) is 2.58. The number of hydrogen-bond acceptors (Lipinski definition) is 3. The van der Waals surface area contributed by atoms with E-state index in [1.807, 2.05) is 37.4 Å². The molecule has 0 radical (unpaired) electrons. The van der Waals surface area contributed by atoms with Gasteiger partial charge >= 0.3 is 0 Å². The highest BCUT2D eigenvalue weighted by atomic mass is 19.1. The van der Waals surface area contributed by atoms with Gasteiger partial charge < -0.3 is 14.7 Å². The van der Waals surface area contributed by atoms with Gasteiger partial charge in [0.1, 0.15) is 11.6 Å². The molecule has 1 heterocycles. The predicted octanol–water partition coefficient (Wildman–Crippen LogP) is 3.14. The van der Waals surface area contributed by atoms with E-state index in [0.717, 1.165) is 17.9 Å². The highest BCUT2D eigenvalue weighted by Gasteiger charge is 2.43. The molecule has 2 aromatic carbocycles. The largest absolute Gasteiger partial charge is 0.497 e. The Hall–Kier alpha value is -1.91. The predicted molar refractivity (Wildman–Crippen MR) is 88.1 cm³/mol. The molecule has 1 aliphatic heterocycles. The minimum Gasteiger partial charge on any atom is -0.497 e. The van der Waals surface area contributed by atoms with Gasteiger partial charge in [0.25, 0.3) is 0 Å². The molecule has 1 aliphatic rings. The molecule has 0 amide bonds. The SMILES string of the molecule is COc1ccc([C@@]2(O)CCN(C)C[C@@H]2c2ccccc2F)cc1. The Morgan fingerprint density at radius 1 is 1.17 bits per heavy atom. The third-order valence-electron chi connectivity index (χ3n) is 4.82. The van der Waals surface area contributed by atoms with Crippen LogP contribution in [0.15, 0.2) is 48.5 Å². The number of nitrogens with zero attached hydrogens (tertiary/aromatic N) is 1. The van der Waals surface area contributed by atoms with Gasteiger partial charge in [0.2, 0.25) is 0 Å². The van der Waals surface area contributed by atoms with E-state index < -0.39 is 5.60 Å². The summed E-state index contributed by atoms with van der Waals surface area (Å²) in [6.45, 7) is 1.39. The summed E-state index contributed by atoms with van der Waals surface area (Å²) >= 11 is 0. The van der Waals surface area contributed by atoms with Crippen molar-refractivity contribution in [2.24, 2.45) is 0 Å². The Balaban J connectivity index is 2.04. The van der Waals surface area contributed by atoms with Gasteiger partial charge in [-0.25, -0.2) is 4.39 Å². The Kier molecular flexibility index (Phi) is 4.37. The smallest absolute Gasteiger partial charge is 0.126 e. The number of likely N-dealkylation sites (tertiary alicyclic amines) is 1. The maximum atomic E-state index is 14.3. The number of aliphatic hydroxyl groups is 1. The Labute approximate surface area is 136 Å². The molecule has 4 heteroatoms. The van der Waals surface area contributed by atoms with Gasteiger partial charge in [-0.15, -0.1) is 0 Å². The molecule has 0 aromatic heterocycles. The molecular formula is C19H22FNO2. The lowest BCUT2D eigenvalue weighted by Crippen LogP contribution is -2.47. The van der Waals surface area contributed by atoms with E-state index in [4.69, 9.17) is 4.74 Å². The summed E-state index contributed by atoms with van der Waals surface area (Å²) in [6.07, 6.45) is 0.564. The van der Waals surface area contributed by atoms with Crippen LogP contribution < -0.4 is 4.74 Å². The lowest BCUT2D eigenvalue weighted by molar-refractivity contribution is -0.0428. The topological polar surface area (TPSA) is 32.7 Å². The average molecular weight is 315 g/mol. The highest BCUT2D eigenvalue weighted by Crippen LogP contribution is 2.44. The van der Waals surface area contributed by atoms with Crippen LogP contribution in [0.2, 0.25) is 0 Å². The maximum absolute atomic E-state index is 14.3. The Bertz CT molecular complexity index is 673. The van der Waals surface area contributed by atoms with Crippen molar-refractivity contribution in [3.05, 3.63) is 65.5 Å². The molecule has 0 unspecified atom stereocenters. The van der Waals surface area contributed by atoms with Crippen molar-refractivity contribution in [1.82, 2.24) is 4.90 Å². The number of benzene rings is 2. The zero-order valence-electron chi connectivity index (χ0n) is 13.5. The second-order valence-corrected chi connectivity index (χ2v) is 6.24. The van der Waals surface area contributed by atoms with Crippen molar-refractivity contribution in [1.29, 1.82) is 0 Å². The van der Waals surface area contributed by atoms with Crippen molar-refractivity contribution >= 4 is 0 Å². The number of hydrogen-bond donors (Lipinski definition) is 1. The first kappa shape index (κ1) is 16.0. The van der Waals surface area contributed by atoms with Crippen LogP contribution >= 0.6 is 0 Å². The van der Waals surface area contributed by atoms with Gasteiger partial charge in [-0.3, -0.25) is 0 Å². The number of methoxy groups -OCH3 is 1. The molecule has 1 fully saturated rings. The number of halogens is 1. The van der Waals surface area contributed by atoms with E-state index in [9.17, 15) is 9.50 Å². The van der Waals surface area contributed by atoms with Crippen molar-refractivity contribution < 1.29 is 14.2 Å². The molecule has 2 aromatic rings. The first-order valence-corrected chi connectivity index (χ1v) is 7.84. The molecule has 3 nitrogen and oxygen atoms in total. The molecule has 122 valence electrons. The standard InChI is InChI=1S/C19H22FNO2/c1-21-12-11-19(22,14-7-9-15(23-2)10-8-14)17(13-21)16-5-3-4-6-18(16)20/h3-10,17,22H,11-13H2,1-2H3/t17-,19+/m1/s1. The molecule has 0 bridgehead atoms. The molecule has 2 atom stereocenters. The molecule has 1 N–H and O–H groups in total. The zero-order chi connectivity index (χ0) is 16.4. The van der Waals surface area contributed by atoms with Crippen molar-refractivity contribution in [3.8, 4) is 5.75 Å². The summed E-state index contributed by atoms with van der Waals surface area (Å²) < 4.78 is 19.5. The van der Waals surface area contributed by atoms with E-state index in [1.54, 1.807) is 19.2 Å². The number of ether oxygens (including phenoxy) is 1. The lowest BCUT2D eigenvalue weighted by atomic mass is 9.72. The van der Waals surface area contributed by atoms with E-state index in [-0.39, 0.29) is 11.7 Å². The molecule has 0 saturated carbocycles. The summed E-state index contributed by atoms with van der Waals surface area (Å²) in [7, 11) is 3.61. The maximum Gasteiger partial charge on any atom is 0.126 e. The van der Waals surface area contributed by atoms with Crippen LogP contribution in [0.5, 0.6) is 5.75 Å². The van der Waals surface area contributed by atoms with Crippen LogP contribution in [0.1, 0.15) is 23.5 Å². The van der Waals surface area contributed by atoms with Gasteiger partial charge in [0, 0.05) is 19.0 Å². The third-order valence-corrected chi connectivity index (χ3v) is 4.82. The Morgan fingerprint density at radius 2 is 1.87 bits per heavy atom. The summed E-state index contributed by atoms with van der Waals surface area (Å²) in [5, 5.41) is 11.4. The number of piperidine rings is 1. The fraction of sp³-hybridized carbons (Fsp3) is 0.368.